The predicted octanol–water partition coefficient (Wildman–Crippen LogP) is 3.08. The van der Waals surface area contributed by atoms with Crippen LogP contribution in [0.15, 0.2) is 12.1 Å². The summed E-state index contributed by atoms with van der Waals surface area (Å²) in [6, 6.07) is 3.33. The van der Waals surface area contributed by atoms with Crippen LogP contribution < -0.4 is 10.6 Å². The lowest BCUT2D eigenvalue weighted by atomic mass is 9.79. The van der Waals surface area contributed by atoms with E-state index in [1.54, 1.807) is 6.07 Å². The summed E-state index contributed by atoms with van der Waals surface area (Å²) in [4.78, 5) is 12.0. The van der Waals surface area contributed by atoms with Crippen LogP contribution >= 0.6 is 0 Å². The number of aromatic nitrogens is 2. The zero-order valence-electron chi connectivity index (χ0n) is 14.9. The molecule has 0 radical (unpaired) electrons. The molecule has 2 amide bonds. The highest BCUT2D eigenvalue weighted by Gasteiger charge is 2.26. The molecule has 23 heavy (non-hydrogen) atoms. The zero-order chi connectivity index (χ0) is 17.5. The van der Waals surface area contributed by atoms with Crippen molar-refractivity contribution in [3.63, 3.8) is 0 Å². The van der Waals surface area contributed by atoms with E-state index in [1.165, 1.54) is 0 Å². The van der Waals surface area contributed by atoms with Crippen LogP contribution in [0.25, 0.3) is 0 Å². The van der Waals surface area contributed by atoms with E-state index in [2.05, 4.69) is 55.4 Å². The first-order valence-electron chi connectivity index (χ1n) is 8.26. The molecule has 0 unspecified atom stereocenters. The van der Waals surface area contributed by atoms with Crippen molar-refractivity contribution in [2.45, 2.75) is 59.3 Å². The first kappa shape index (κ1) is 19.4. The van der Waals surface area contributed by atoms with Gasteiger partial charge in [-0.05, 0) is 36.8 Å². The largest absolute Gasteiger partial charge is 0.396 e. The van der Waals surface area contributed by atoms with Crippen LogP contribution in [0, 0.1) is 5.41 Å². The minimum atomic E-state index is -0.299. The van der Waals surface area contributed by atoms with Crippen molar-refractivity contribution in [3.8, 4) is 0 Å². The summed E-state index contributed by atoms with van der Waals surface area (Å²) in [5.74, 6) is 0.427. The highest BCUT2D eigenvalue weighted by atomic mass is 16.3. The Labute approximate surface area is 139 Å². The van der Waals surface area contributed by atoms with Gasteiger partial charge in [0.1, 0.15) is 0 Å². The number of hydrogen-bond acceptors (Lipinski definition) is 4. The second-order valence-corrected chi connectivity index (χ2v) is 7.04. The van der Waals surface area contributed by atoms with Gasteiger partial charge in [-0.2, -0.15) is 5.10 Å². The fourth-order valence-corrected chi connectivity index (χ4v) is 2.41. The monoisotopic (exact) mass is 322 g/mol. The summed E-state index contributed by atoms with van der Waals surface area (Å²) in [5.41, 5.74) is 0.746. The third kappa shape index (κ3) is 5.78. The third-order valence-corrected chi connectivity index (χ3v) is 4.44. The summed E-state index contributed by atoms with van der Waals surface area (Å²) in [6.07, 6.45) is 2.50. The van der Waals surface area contributed by atoms with Crippen LogP contribution in [0.4, 0.5) is 10.6 Å². The number of aliphatic hydroxyl groups excluding tert-OH is 1. The molecule has 6 nitrogen and oxygen atoms in total. The summed E-state index contributed by atoms with van der Waals surface area (Å²) in [6.45, 7) is 11.0. The average Bonchev–Trinajstić information content (AvgIpc) is 2.51. The number of nitrogens with one attached hydrogen (secondary N) is 2. The first-order valence-corrected chi connectivity index (χ1v) is 8.26. The molecular formula is C17H30N4O2. The molecule has 0 fully saturated rings. The highest BCUT2D eigenvalue weighted by molar-refractivity contribution is 5.88. The molecule has 0 spiro atoms. The molecule has 0 aliphatic heterocycles. The van der Waals surface area contributed by atoms with Gasteiger partial charge in [-0.15, -0.1) is 5.10 Å². The van der Waals surface area contributed by atoms with E-state index in [4.69, 9.17) is 0 Å². The Morgan fingerprint density at radius 2 is 1.83 bits per heavy atom. The molecule has 1 rings (SSSR count). The maximum Gasteiger partial charge on any atom is 0.320 e. The summed E-state index contributed by atoms with van der Waals surface area (Å²) >= 11 is 0. The van der Waals surface area contributed by atoms with Crippen molar-refractivity contribution in [2.75, 3.05) is 18.5 Å². The van der Waals surface area contributed by atoms with Gasteiger partial charge in [-0.25, -0.2) is 4.79 Å². The molecule has 0 aliphatic rings. The number of urea groups is 1. The summed E-state index contributed by atoms with van der Waals surface area (Å²) in [7, 11) is 0. The zero-order valence-corrected chi connectivity index (χ0v) is 14.9. The SMILES string of the molecule is CCC(CC)(CCO)CNC(=O)Nc1ccc(C(C)(C)C)nn1. The van der Waals surface area contributed by atoms with Crippen LogP contribution in [-0.4, -0.2) is 34.5 Å². The predicted molar refractivity (Wildman–Crippen MR) is 92.5 cm³/mol. The van der Waals surface area contributed by atoms with Crippen molar-refractivity contribution >= 4 is 11.8 Å². The van der Waals surface area contributed by atoms with E-state index in [-0.39, 0.29) is 23.5 Å². The number of amides is 2. The Bertz CT molecular complexity index is 490. The Morgan fingerprint density at radius 1 is 1.17 bits per heavy atom. The molecule has 1 aromatic heterocycles. The fraction of sp³-hybridized carbons (Fsp3) is 0.706. The van der Waals surface area contributed by atoms with Gasteiger partial charge in [-0.1, -0.05) is 34.6 Å². The summed E-state index contributed by atoms with van der Waals surface area (Å²) in [5, 5.41) is 23.0. The standard InChI is InChI=1S/C17H30N4O2/c1-6-17(7-2,10-11-22)12-18-15(23)19-14-9-8-13(20-21-14)16(3,4)5/h8-9,22H,6-7,10-12H2,1-5H3,(H2,18,19,21,23). The van der Waals surface area contributed by atoms with Gasteiger partial charge < -0.3 is 10.4 Å². The topological polar surface area (TPSA) is 87.1 Å². The molecule has 0 saturated carbocycles. The Kier molecular flexibility index (Phi) is 6.94. The maximum absolute atomic E-state index is 12.0. The molecule has 3 N–H and O–H groups in total. The van der Waals surface area contributed by atoms with Crippen molar-refractivity contribution in [1.82, 2.24) is 15.5 Å². The lowest BCUT2D eigenvalue weighted by molar-refractivity contribution is 0.165. The van der Waals surface area contributed by atoms with Crippen LogP contribution in [0.2, 0.25) is 0 Å². The maximum atomic E-state index is 12.0. The van der Waals surface area contributed by atoms with Crippen LogP contribution in [0.3, 0.4) is 0 Å². The number of aliphatic hydroxyl groups is 1. The Morgan fingerprint density at radius 3 is 2.26 bits per heavy atom. The third-order valence-electron chi connectivity index (χ3n) is 4.44. The van der Waals surface area contributed by atoms with Gasteiger partial charge in [-0.3, -0.25) is 5.32 Å². The van der Waals surface area contributed by atoms with Crippen LogP contribution in [0.1, 0.15) is 59.6 Å². The van der Waals surface area contributed by atoms with Crippen molar-refractivity contribution in [3.05, 3.63) is 17.8 Å². The van der Waals surface area contributed by atoms with Gasteiger partial charge in [0.05, 0.1) is 5.69 Å². The Balaban J connectivity index is 2.59. The molecule has 1 heterocycles. The molecular weight excluding hydrogens is 292 g/mol. The lowest BCUT2D eigenvalue weighted by Crippen LogP contribution is -2.39. The van der Waals surface area contributed by atoms with E-state index >= 15 is 0 Å². The fourth-order valence-electron chi connectivity index (χ4n) is 2.41. The summed E-state index contributed by atoms with van der Waals surface area (Å²) < 4.78 is 0. The number of anilines is 1. The van der Waals surface area contributed by atoms with E-state index in [1.807, 2.05) is 6.07 Å². The van der Waals surface area contributed by atoms with Crippen molar-refractivity contribution < 1.29 is 9.90 Å². The molecule has 1 aromatic rings. The molecule has 0 aromatic carbocycles. The second kappa shape index (κ2) is 8.24. The van der Waals surface area contributed by atoms with Gasteiger partial charge in [0.25, 0.3) is 0 Å². The minimum Gasteiger partial charge on any atom is -0.396 e. The molecule has 6 heteroatoms. The first-order chi connectivity index (χ1) is 10.8. The number of carbonyl (C=O) groups excluding carboxylic acids is 1. The second-order valence-electron chi connectivity index (χ2n) is 7.04. The quantitative estimate of drug-likeness (QED) is 0.720. The van der Waals surface area contributed by atoms with E-state index in [0.717, 1.165) is 18.5 Å². The number of rotatable bonds is 7. The van der Waals surface area contributed by atoms with Gasteiger partial charge >= 0.3 is 6.03 Å². The lowest BCUT2D eigenvalue weighted by Gasteiger charge is -2.31. The van der Waals surface area contributed by atoms with E-state index < -0.39 is 0 Å². The van der Waals surface area contributed by atoms with E-state index in [9.17, 15) is 9.90 Å². The van der Waals surface area contributed by atoms with Crippen molar-refractivity contribution in [1.29, 1.82) is 0 Å². The van der Waals surface area contributed by atoms with E-state index in [0.29, 0.717) is 18.8 Å². The normalized spacial score (nSPS) is 12.1. The number of hydrogen-bond donors (Lipinski definition) is 3. The smallest absolute Gasteiger partial charge is 0.320 e. The number of carbonyl (C=O) groups is 1. The van der Waals surface area contributed by atoms with Crippen LogP contribution in [0.5, 0.6) is 0 Å². The van der Waals surface area contributed by atoms with Gasteiger partial charge in [0.2, 0.25) is 0 Å². The molecule has 130 valence electrons. The molecule has 0 bridgehead atoms. The molecule has 0 atom stereocenters. The minimum absolute atomic E-state index is 0.0616. The molecule has 0 saturated heterocycles. The Hall–Kier alpha value is -1.69. The average molecular weight is 322 g/mol. The van der Waals surface area contributed by atoms with Crippen molar-refractivity contribution in [2.24, 2.45) is 5.41 Å². The van der Waals surface area contributed by atoms with Gasteiger partial charge in [0.15, 0.2) is 5.82 Å². The number of nitrogens with zero attached hydrogens (tertiary/aromatic N) is 2. The van der Waals surface area contributed by atoms with Crippen LogP contribution in [-0.2, 0) is 5.41 Å². The molecule has 0 aliphatic carbocycles. The highest BCUT2D eigenvalue weighted by Crippen LogP contribution is 2.29. The van der Waals surface area contributed by atoms with Gasteiger partial charge in [0, 0.05) is 18.6 Å².